The lowest BCUT2D eigenvalue weighted by atomic mass is 9.92. The van der Waals surface area contributed by atoms with Gasteiger partial charge in [0.15, 0.2) is 0 Å². The number of H-pyrrole nitrogens is 1. The van der Waals surface area contributed by atoms with E-state index in [-0.39, 0.29) is 29.3 Å². The van der Waals surface area contributed by atoms with Crippen LogP contribution in [0.5, 0.6) is 0 Å². The van der Waals surface area contributed by atoms with E-state index in [0.717, 1.165) is 11.3 Å². The summed E-state index contributed by atoms with van der Waals surface area (Å²) in [5.74, 6) is 0.436. The molecule has 0 bridgehead atoms. The Labute approximate surface area is 174 Å². The van der Waals surface area contributed by atoms with Crippen molar-refractivity contribution < 1.29 is 4.79 Å². The highest BCUT2D eigenvalue weighted by molar-refractivity contribution is 6.31. The Morgan fingerprint density at radius 3 is 2.55 bits per heavy atom. The predicted molar refractivity (Wildman–Crippen MR) is 114 cm³/mol. The highest BCUT2D eigenvalue weighted by atomic mass is 35.5. The smallest absolute Gasteiger partial charge is 0.255 e. The number of aromatic amines is 1. The molecule has 0 saturated carbocycles. The summed E-state index contributed by atoms with van der Waals surface area (Å²) < 4.78 is 1.46. The van der Waals surface area contributed by atoms with Crippen molar-refractivity contribution in [2.75, 3.05) is 5.32 Å². The lowest BCUT2D eigenvalue weighted by Gasteiger charge is -2.14. The Hall–Kier alpha value is -2.93. The maximum Gasteiger partial charge on any atom is 0.255 e. The average molecular weight is 414 g/mol. The van der Waals surface area contributed by atoms with E-state index in [2.05, 4.69) is 20.4 Å². The molecule has 0 radical (unpaired) electrons. The standard InChI is InChI=1S/C21H24ClN5O2/c1-12-13(2)23-20(25-19(12)29)27-17(11-16(26-27)21(3,4)5)24-18(28)10-14-8-6-7-9-15(14)22/h6-9,11H,10H2,1-5H3,(H,24,28)(H,23,25,29). The quantitative estimate of drug-likeness (QED) is 0.681. The third-order valence-electron chi connectivity index (χ3n) is 4.64. The second kappa shape index (κ2) is 7.83. The number of benzene rings is 1. The Morgan fingerprint density at radius 1 is 1.24 bits per heavy atom. The largest absolute Gasteiger partial charge is 0.310 e. The Balaban J connectivity index is 1.99. The van der Waals surface area contributed by atoms with Crippen molar-refractivity contribution in [1.29, 1.82) is 0 Å². The molecule has 29 heavy (non-hydrogen) atoms. The number of nitrogens with one attached hydrogen (secondary N) is 2. The lowest BCUT2D eigenvalue weighted by Crippen LogP contribution is -2.21. The van der Waals surface area contributed by atoms with E-state index < -0.39 is 0 Å². The van der Waals surface area contributed by atoms with Crippen LogP contribution >= 0.6 is 11.6 Å². The highest BCUT2D eigenvalue weighted by Gasteiger charge is 2.23. The Bertz CT molecular complexity index is 1120. The molecule has 0 saturated heterocycles. The summed E-state index contributed by atoms with van der Waals surface area (Å²) in [6.45, 7) is 9.53. The van der Waals surface area contributed by atoms with Gasteiger partial charge in [-0.3, -0.25) is 14.6 Å². The summed E-state index contributed by atoms with van der Waals surface area (Å²) in [6, 6.07) is 8.99. The van der Waals surface area contributed by atoms with E-state index in [1.807, 2.05) is 39.0 Å². The number of amides is 1. The van der Waals surface area contributed by atoms with E-state index in [1.54, 1.807) is 26.0 Å². The van der Waals surface area contributed by atoms with Crippen LogP contribution in [0.3, 0.4) is 0 Å². The monoisotopic (exact) mass is 413 g/mol. The fourth-order valence-corrected chi connectivity index (χ4v) is 2.93. The number of halogens is 1. The zero-order valence-corrected chi connectivity index (χ0v) is 17.9. The summed E-state index contributed by atoms with van der Waals surface area (Å²) >= 11 is 6.16. The number of rotatable bonds is 4. The zero-order chi connectivity index (χ0) is 21.3. The zero-order valence-electron chi connectivity index (χ0n) is 17.1. The first-order valence-corrected chi connectivity index (χ1v) is 9.66. The second-order valence-electron chi connectivity index (χ2n) is 7.99. The van der Waals surface area contributed by atoms with Crippen LogP contribution < -0.4 is 10.9 Å². The van der Waals surface area contributed by atoms with Crippen LogP contribution in [0.4, 0.5) is 5.82 Å². The molecule has 2 heterocycles. The van der Waals surface area contributed by atoms with Gasteiger partial charge in [0.2, 0.25) is 11.9 Å². The summed E-state index contributed by atoms with van der Waals surface area (Å²) in [4.78, 5) is 32.0. The van der Waals surface area contributed by atoms with Crippen molar-refractivity contribution in [3.63, 3.8) is 0 Å². The lowest BCUT2D eigenvalue weighted by molar-refractivity contribution is -0.115. The van der Waals surface area contributed by atoms with E-state index in [4.69, 9.17) is 11.6 Å². The minimum absolute atomic E-state index is 0.118. The van der Waals surface area contributed by atoms with Crippen molar-refractivity contribution in [3.8, 4) is 5.95 Å². The molecule has 0 spiro atoms. The van der Waals surface area contributed by atoms with Crippen LogP contribution in [0.25, 0.3) is 5.95 Å². The molecular weight excluding hydrogens is 390 g/mol. The first kappa shape index (κ1) is 20.8. The number of aryl methyl sites for hydroxylation is 1. The van der Waals surface area contributed by atoms with Crippen molar-refractivity contribution in [1.82, 2.24) is 19.7 Å². The van der Waals surface area contributed by atoms with Gasteiger partial charge in [-0.25, -0.2) is 4.98 Å². The van der Waals surface area contributed by atoms with Gasteiger partial charge in [0.05, 0.1) is 12.1 Å². The molecule has 2 N–H and O–H groups in total. The van der Waals surface area contributed by atoms with Crippen LogP contribution in [-0.2, 0) is 16.6 Å². The number of carbonyl (C=O) groups excluding carboxylic acids is 1. The number of nitrogens with zero attached hydrogens (tertiary/aromatic N) is 3. The molecule has 0 aliphatic carbocycles. The van der Waals surface area contributed by atoms with E-state index >= 15 is 0 Å². The van der Waals surface area contributed by atoms with Crippen LogP contribution in [-0.4, -0.2) is 25.7 Å². The fraction of sp³-hybridized carbons (Fsp3) is 0.333. The summed E-state index contributed by atoms with van der Waals surface area (Å²) in [7, 11) is 0. The molecule has 0 atom stereocenters. The van der Waals surface area contributed by atoms with E-state index in [9.17, 15) is 9.59 Å². The number of hydrogen-bond donors (Lipinski definition) is 2. The molecular formula is C21H24ClN5O2. The molecule has 3 rings (SSSR count). The Morgan fingerprint density at radius 2 is 1.93 bits per heavy atom. The first-order chi connectivity index (χ1) is 13.6. The SMILES string of the molecule is Cc1nc(-n2nc(C(C)(C)C)cc2NC(=O)Cc2ccccc2Cl)[nH]c(=O)c1C. The molecule has 0 aliphatic heterocycles. The Kier molecular flexibility index (Phi) is 5.61. The van der Waals surface area contributed by atoms with E-state index in [1.165, 1.54) is 4.68 Å². The summed E-state index contributed by atoms with van der Waals surface area (Å²) in [5, 5.41) is 7.99. The molecule has 152 valence electrons. The average Bonchev–Trinajstić information content (AvgIpc) is 3.05. The molecule has 0 fully saturated rings. The minimum Gasteiger partial charge on any atom is -0.310 e. The van der Waals surface area contributed by atoms with Gasteiger partial charge in [0.1, 0.15) is 5.82 Å². The summed E-state index contributed by atoms with van der Waals surface area (Å²) in [5.41, 5.74) is 2.13. The van der Waals surface area contributed by atoms with Gasteiger partial charge in [-0.1, -0.05) is 50.6 Å². The number of hydrogen-bond acceptors (Lipinski definition) is 4. The number of carbonyl (C=O) groups is 1. The van der Waals surface area contributed by atoms with Crippen molar-refractivity contribution >= 4 is 23.3 Å². The molecule has 1 amide bonds. The van der Waals surface area contributed by atoms with Gasteiger partial charge in [-0.2, -0.15) is 9.78 Å². The maximum atomic E-state index is 12.7. The minimum atomic E-state index is -0.256. The maximum absolute atomic E-state index is 12.7. The van der Waals surface area contributed by atoms with Gasteiger partial charge in [0, 0.05) is 27.8 Å². The van der Waals surface area contributed by atoms with Gasteiger partial charge in [0.25, 0.3) is 5.56 Å². The van der Waals surface area contributed by atoms with Crippen molar-refractivity contribution in [3.05, 3.63) is 68.2 Å². The molecule has 1 aromatic carbocycles. The van der Waals surface area contributed by atoms with Crippen LogP contribution in [0.15, 0.2) is 35.1 Å². The van der Waals surface area contributed by atoms with Crippen molar-refractivity contribution in [2.24, 2.45) is 0 Å². The van der Waals surface area contributed by atoms with Crippen LogP contribution in [0.1, 0.15) is 43.3 Å². The number of anilines is 1. The van der Waals surface area contributed by atoms with E-state index in [0.29, 0.717) is 22.1 Å². The summed E-state index contributed by atoms with van der Waals surface area (Å²) in [6.07, 6.45) is 0.118. The fourth-order valence-electron chi connectivity index (χ4n) is 2.73. The van der Waals surface area contributed by atoms with Crippen LogP contribution in [0, 0.1) is 13.8 Å². The second-order valence-corrected chi connectivity index (χ2v) is 8.40. The topological polar surface area (TPSA) is 92.7 Å². The third kappa shape index (κ3) is 4.56. The molecule has 0 aliphatic rings. The van der Waals surface area contributed by atoms with Crippen molar-refractivity contribution in [2.45, 2.75) is 46.5 Å². The number of aromatic nitrogens is 4. The first-order valence-electron chi connectivity index (χ1n) is 9.28. The highest BCUT2D eigenvalue weighted by Crippen LogP contribution is 2.26. The van der Waals surface area contributed by atoms with Crippen LogP contribution in [0.2, 0.25) is 5.02 Å². The molecule has 0 unspecified atom stereocenters. The third-order valence-corrected chi connectivity index (χ3v) is 5.01. The molecule has 3 aromatic rings. The molecule has 7 nitrogen and oxygen atoms in total. The predicted octanol–water partition coefficient (Wildman–Crippen LogP) is 3.70. The van der Waals surface area contributed by atoms with Gasteiger partial charge in [-0.05, 0) is 25.5 Å². The van der Waals surface area contributed by atoms with Gasteiger partial charge in [-0.15, -0.1) is 0 Å². The van der Waals surface area contributed by atoms with Gasteiger partial charge < -0.3 is 5.32 Å². The normalized spacial score (nSPS) is 11.5. The molecule has 8 heteroatoms. The molecule has 2 aromatic heterocycles. The van der Waals surface area contributed by atoms with Gasteiger partial charge >= 0.3 is 0 Å².